The number of nitrogens with one attached hydrogen (secondary N) is 1. The fourth-order valence-corrected chi connectivity index (χ4v) is 0.586. The molecule has 0 atom stereocenters. The standard InChI is InChI=1S/C6H9N2O/c1-3-7-6-5(2)8-4-9-6/h7H,3H2,1-2H3. The van der Waals surface area contributed by atoms with Gasteiger partial charge in [-0.25, -0.2) is 4.98 Å². The highest BCUT2D eigenvalue weighted by molar-refractivity contribution is 5.34. The minimum absolute atomic E-state index is 0.720. The molecule has 1 aromatic heterocycles. The van der Waals surface area contributed by atoms with Crippen molar-refractivity contribution in [3.8, 4) is 0 Å². The van der Waals surface area contributed by atoms with Gasteiger partial charge in [0.25, 0.3) is 6.39 Å². The monoisotopic (exact) mass is 125 g/mol. The molecule has 1 rings (SSSR count). The first-order valence-electron chi connectivity index (χ1n) is 2.92. The van der Waals surface area contributed by atoms with Crippen molar-refractivity contribution < 1.29 is 4.42 Å². The Kier molecular flexibility index (Phi) is 1.72. The molecule has 1 N–H and O–H groups in total. The Morgan fingerprint density at radius 1 is 1.78 bits per heavy atom. The van der Waals surface area contributed by atoms with E-state index in [1.54, 1.807) is 0 Å². The van der Waals surface area contributed by atoms with Gasteiger partial charge in [0.15, 0.2) is 0 Å². The van der Waals surface area contributed by atoms with Crippen molar-refractivity contribution in [2.75, 3.05) is 11.9 Å². The largest absolute Gasteiger partial charge is 0.416 e. The van der Waals surface area contributed by atoms with Crippen LogP contribution in [-0.2, 0) is 0 Å². The van der Waals surface area contributed by atoms with Gasteiger partial charge in [0, 0.05) is 6.54 Å². The van der Waals surface area contributed by atoms with E-state index in [0.717, 1.165) is 18.1 Å². The van der Waals surface area contributed by atoms with Gasteiger partial charge >= 0.3 is 0 Å². The Morgan fingerprint density at radius 2 is 2.56 bits per heavy atom. The Hall–Kier alpha value is -0.990. The van der Waals surface area contributed by atoms with E-state index < -0.39 is 0 Å². The van der Waals surface area contributed by atoms with Crippen LogP contribution < -0.4 is 5.32 Å². The highest BCUT2D eigenvalue weighted by Crippen LogP contribution is 2.09. The molecule has 0 saturated carbocycles. The van der Waals surface area contributed by atoms with Crippen molar-refractivity contribution in [2.45, 2.75) is 13.8 Å². The van der Waals surface area contributed by atoms with Crippen molar-refractivity contribution in [1.29, 1.82) is 0 Å². The molecule has 0 amide bonds. The van der Waals surface area contributed by atoms with E-state index in [1.165, 1.54) is 0 Å². The van der Waals surface area contributed by atoms with E-state index >= 15 is 0 Å². The highest BCUT2D eigenvalue weighted by atomic mass is 16.4. The summed E-state index contributed by atoms with van der Waals surface area (Å²) >= 11 is 0. The van der Waals surface area contributed by atoms with E-state index in [4.69, 9.17) is 4.42 Å². The lowest BCUT2D eigenvalue weighted by Crippen LogP contribution is -1.95. The normalized spacial score (nSPS) is 9.56. The summed E-state index contributed by atoms with van der Waals surface area (Å²) in [7, 11) is 0. The summed E-state index contributed by atoms with van der Waals surface area (Å²) < 4.78 is 4.86. The predicted molar refractivity (Wildman–Crippen MR) is 34.2 cm³/mol. The zero-order chi connectivity index (χ0) is 6.69. The first-order valence-corrected chi connectivity index (χ1v) is 2.92. The molecular weight excluding hydrogens is 116 g/mol. The quantitative estimate of drug-likeness (QED) is 0.645. The van der Waals surface area contributed by atoms with Crippen LogP contribution in [0.15, 0.2) is 4.42 Å². The summed E-state index contributed by atoms with van der Waals surface area (Å²) in [6, 6.07) is 0. The Morgan fingerprint density at radius 3 is 3.00 bits per heavy atom. The Labute approximate surface area is 54.1 Å². The molecule has 3 nitrogen and oxygen atoms in total. The molecule has 0 aliphatic heterocycles. The predicted octanol–water partition coefficient (Wildman–Crippen LogP) is 1.22. The van der Waals surface area contributed by atoms with Crippen LogP contribution in [0.5, 0.6) is 0 Å². The van der Waals surface area contributed by atoms with Crippen LogP contribution in [0.3, 0.4) is 0 Å². The number of hydrogen-bond donors (Lipinski definition) is 1. The number of rotatable bonds is 2. The van der Waals surface area contributed by atoms with Crippen LogP contribution in [0.2, 0.25) is 0 Å². The average Bonchev–Trinajstić information content (AvgIpc) is 2.18. The minimum atomic E-state index is 0.720. The lowest BCUT2D eigenvalue weighted by molar-refractivity contribution is 0.560. The molecule has 1 aromatic rings. The molecule has 0 aliphatic carbocycles. The molecule has 49 valence electrons. The molecular formula is C6H9N2O. The fraction of sp³-hybridized carbons (Fsp3) is 0.500. The molecule has 0 aliphatic rings. The first-order chi connectivity index (χ1) is 4.34. The number of aryl methyl sites for hydroxylation is 1. The fourth-order valence-electron chi connectivity index (χ4n) is 0.586. The molecule has 0 saturated heterocycles. The van der Waals surface area contributed by atoms with E-state index in [-0.39, 0.29) is 0 Å². The second-order valence-corrected chi connectivity index (χ2v) is 1.75. The summed E-state index contributed by atoms with van der Waals surface area (Å²) in [5.74, 6) is 0.720. The van der Waals surface area contributed by atoms with Gasteiger partial charge in [0.2, 0.25) is 5.88 Å². The summed E-state index contributed by atoms with van der Waals surface area (Å²) in [5, 5.41) is 3.00. The second kappa shape index (κ2) is 2.53. The maximum Gasteiger partial charge on any atom is 0.285 e. The van der Waals surface area contributed by atoms with Gasteiger partial charge in [0.05, 0.1) is 0 Å². The molecule has 9 heavy (non-hydrogen) atoms. The first kappa shape index (κ1) is 6.13. The van der Waals surface area contributed by atoms with E-state index in [0.29, 0.717) is 0 Å². The van der Waals surface area contributed by atoms with Gasteiger partial charge in [-0.1, -0.05) is 0 Å². The van der Waals surface area contributed by atoms with Crippen LogP contribution in [0.25, 0.3) is 0 Å². The number of hydrogen-bond acceptors (Lipinski definition) is 3. The summed E-state index contributed by atoms with van der Waals surface area (Å²) in [6.45, 7) is 4.73. The molecule has 3 heteroatoms. The third-order valence-corrected chi connectivity index (χ3v) is 1.03. The van der Waals surface area contributed by atoms with Gasteiger partial charge < -0.3 is 9.73 Å². The number of nitrogens with zero attached hydrogens (tertiary/aromatic N) is 1. The minimum Gasteiger partial charge on any atom is -0.416 e. The van der Waals surface area contributed by atoms with Crippen molar-refractivity contribution in [3.63, 3.8) is 0 Å². The van der Waals surface area contributed by atoms with Crippen LogP contribution in [0, 0.1) is 13.3 Å². The summed E-state index contributed by atoms with van der Waals surface area (Å²) in [5.41, 5.74) is 0.858. The SMILES string of the molecule is CCNc1o[c]nc1C. The van der Waals surface area contributed by atoms with Crippen LogP contribution in [0.1, 0.15) is 12.6 Å². The Bertz CT molecular complexity index is 183. The molecule has 0 spiro atoms. The third-order valence-electron chi connectivity index (χ3n) is 1.03. The molecule has 1 radical (unpaired) electrons. The second-order valence-electron chi connectivity index (χ2n) is 1.75. The van der Waals surface area contributed by atoms with Gasteiger partial charge in [-0.2, -0.15) is 0 Å². The van der Waals surface area contributed by atoms with E-state index in [9.17, 15) is 0 Å². The number of oxazole rings is 1. The molecule has 0 aromatic carbocycles. The maximum absolute atomic E-state index is 4.86. The zero-order valence-corrected chi connectivity index (χ0v) is 5.56. The van der Waals surface area contributed by atoms with Gasteiger partial charge in [-0.3, -0.25) is 0 Å². The van der Waals surface area contributed by atoms with Crippen molar-refractivity contribution >= 4 is 5.88 Å². The molecule has 0 unspecified atom stereocenters. The van der Waals surface area contributed by atoms with Crippen LogP contribution in [0.4, 0.5) is 5.88 Å². The van der Waals surface area contributed by atoms with Crippen molar-refractivity contribution in [1.82, 2.24) is 4.98 Å². The van der Waals surface area contributed by atoms with E-state index in [1.807, 2.05) is 13.8 Å². The summed E-state index contributed by atoms with van der Waals surface area (Å²) in [4.78, 5) is 3.78. The summed E-state index contributed by atoms with van der Waals surface area (Å²) in [6.07, 6.45) is 2.40. The number of aromatic nitrogens is 1. The highest BCUT2D eigenvalue weighted by Gasteiger charge is 1.98. The van der Waals surface area contributed by atoms with Gasteiger partial charge in [-0.05, 0) is 13.8 Å². The lowest BCUT2D eigenvalue weighted by Gasteiger charge is -1.94. The zero-order valence-electron chi connectivity index (χ0n) is 5.56. The number of anilines is 1. The molecule has 0 bridgehead atoms. The van der Waals surface area contributed by atoms with Crippen molar-refractivity contribution in [2.24, 2.45) is 0 Å². The molecule has 0 fully saturated rings. The smallest absolute Gasteiger partial charge is 0.285 e. The van der Waals surface area contributed by atoms with Gasteiger partial charge in [-0.15, -0.1) is 0 Å². The molecule has 1 heterocycles. The Balaban J connectivity index is 2.69. The van der Waals surface area contributed by atoms with Crippen LogP contribution >= 0.6 is 0 Å². The maximum atomic E-state index is 4.86. The van der Waals surface area contributed by atoms with Crippen molar-refractivity contribution in [3.05, 3.63) is 12.1 Å². The topological polar surface area (TPSA) is 38.1 Å². The lowest BCUT2D eigenvalue weighted by atomic mass is 10.5. The van der Waals surface area contributed by atoms with Gasteiger partial charge in [0.1, 0.15) is 5.69 Å². The van der Waals surface area contributed by atoms with E-state index in [2.05, 4.69) is 16.7 Å². The van der Waals surface area contributed by atoms with Crippen LogP contribution in [-0.4, -0.2) is 11.5 Å². The average molecular weight is 125 g/mol. The third kappa shape index (κ3) is 1.22.